The minimum absolute atomic E-state index is 0.469. The van der Waals surface area contributed by atoms with Crippen LogP contribution < -0.4 is 9.47 Å². The second-order valence-electron chi connectivity index (χ2n) is 11.3. The number of carbonyl (C=O) groups excluding carboxylic acids is 1. The molecular formula is C34H42N2O4. The fraction of sp³-hybridized carbons (Fsp3) is 0.412. The van der Waals surface area contributed by atoms with Gasteiger partial charge in [0.05, 0.1) is 12.1 Å². The van der Waals surface area contributed by atoms with Crippen molar-refractivity contribution >= 4 is 17.2 Å². The van der Waals surface area contributed by atoms with E-state index in [0.29, 0.717) is 18.9 Å². The number of hydrogen-bond acceptors (Lipinski definition) is 5. The number of rotatable bonds is 11. The molecule has 0 aliphatic rings. The van der Waals surface area contributed by atoms with Gasteiger partial charge < -0.3 is 18.8 Å². The quantitative estimate of drug-likeness (QED) is 0.108. The number of unbranched alkanes of at least 4 members (excludes halogenated alkanes) is 2. The van der Waals surface area contributed by atoms with Crippen LogP contribution in [0.4, 0.5) is 4.79 Å². The van der Waals surface area contributed by atoms with Gasteiger partial charge in [-0.2, -0.15) is 0 Å². The third-order valence-corrected chi connectivity index (χ3v) is 6.72. The second-order valence-corrected chi connectivity index (χ2v) is 11.3. The normalized spacial score (nSPS) is 11.6. The first-order valence-electron chi connectivity index (χ1n) is 14.4. The summed E-state index contributed by atoms with van der Waals surface area (Å²) in [6.45, 7) is 13.3. The van der Waals surface area contributed by atoms with Crippen molar-refractivity contribution in [2.75, 3.05) is 6.61 Å². The van der Waals surface area contributed by atoms with Crippen molar-refractivity contribution in [2.24, 2.45) is 0 Å². The lowest BCUT2D eigenvalue weighted by Crippen LogP contribution is -2.26. The van der Waals surface area contributed by atoms with Crippen LogP contribution in [0.15, 0.2) is 60.7 Å². The number of hydrogen-bond donors (Lipinski definition) is 0. The van der Waals surface area contributed by atoms with Crippen LogP contribution in [0.1, 0.15) is 77.3 Å². The number of carbonyl (C=O) groups is 1. The van der Waals surface area contributed by atoms with E-state index in [9.17, 15) is 4.79 Å². The standard InChI is InChI=1S/C34H42N2O4/c1-7-9-15-30-35-31-24(3)16-21-29(38-22-10-8-2)32(31)36(30)23-25-17-19-26(20-18-25)27-13-11-12-14-28(27)39-33(37)40-34(4,5)6/h11-14,16-21H,7-10,15,22-23H2,1-6H3. The predicted octanol–water partition coefficient (Wildman–Crippen LogP) is 8.90. The van der Waals surface area contributed by atoms with Crippen LogP contribution in [0.25, 0.3) is 22.2 Å². The molecule has 4 rings (SSSR count). The fourth-order valence-corrected chi connectivity index (χ4v) is 4.65. The molecule has 3 aromatic carbocycles. The minimum Gasteiger partial charge on any atom is -0.491 e. The smallest absolute Gasteiger partial charge is 0.491 e. The zero-order chi connectivity index (χ0) is 28.7. The van der Waals surface area contributed by atoms with E-state index in [0.717, 1.165) is 77.0 Å². The molecule has 6 heteroatoms. The van der Waals surface area contributed by atoms with Gasteiger partial charge in [-0.05, 0) is 69.4 Å². The maximum atomic E-state index is 12.3. The third kappa shape index (κ3) is 7.23. The lowest BCUT2D eigenvalue weighted by molar-refractivity contribution is 0.0207. The number of fused-ring (bicyclic) bond motifs is 1. The van der Waals surface area contributed by atoms with Crippen molar-refractivity contribution in [3.8, 4) is 22.6 Å². The number of imidazole rings is 1. The van der Waals surface area contributed by atoms with Crippen molar-refractivity contribution in [3.05, 3.63) is 77.6 Å². The van der Waals surface area contributed by atoms with Crippen molar-refractivity contribution < 1.29 is 19.0 Å². The Labute approximate surface area is 238 Å². The summed E-state index contributed by atoms with van der Waals surface area (Å²) < 4.78 is 19.5. The molecule has 0 bridgehead atoms. The van der Waals surface area contributed by atoms with Crippen molar-refractivity contribution in [2.45, 2.75) is 85.8 Å². The van der Waals surface area contributed by atoms with Gasteiger partial charge in [-0.25, -0.2) is 9.78 Å². The van der Waals surface area contributed by atoms with E-state index >= 15 is 0 Å². The predicted molar refractivity (Wildman–Crippen MR) is 161 cm³/mol. The molecule has 0 fully saturated rings. The highest BCUT2D eigenvalue weighted by molar-refractivity contribution is 5.86. The van der Waals surface area contributed by atoms with Gasteiger partial charge in [-0.3, -0.25) is 0 Å². The van der Waals surface area contributed by atoms with Crippen LogP contribution in [0.5, 0.6) is 11.5 Å². The van der Waals surface area contributed by atoms with Gasteiger partial charge in [0.2, 0.25) is 0 Å². The molecule has 0 radical (unpaired) electrons. The molecule has 0 atom stereocenters. The van der Waals surface area contributed by atoms with Crippen LogP contribution in [0.3, 0.4) is 0 Å². The van der Waals surface area contributed by atoms with Crippen LogP contribution in [0, 0.1) is 6.92 Å². The van der Waals surface area contributed by atoms with Crippen LogP contribution in [0.2, 0.25) is 0 Å². The Bertz CT molecular complexity index is 1430. The van der Waals surface area contributed by atoms with E-state index in [4.69, 9.17) is 19.2 Å². The molecular weight excluding hydrogens is 500 g/mol. The summed E-state index contributed by atoms with van der Waals surface area (Å²) in [5.41, 5.74) is 5.58. The molecule has 0 saturated carbocycles. The van der Waals surface area contributed by atoms with Crippen LogP contribution in [-0.2, 0) is 17.7 Å². The third-order valence-electron chi connectivity index (χ3n) is 6.72. The van der Waals surface area contributed by atoms with E-state index in [1.807, 2.05) is 39.0 Å². The number of benzene rings is 3. The molecule has 0 amide bonds. The summed E-state index contributed by atoms with van der Waals surface area (Å²) in [4.78, 5) is 17.4. The lowest BCUT2D eigenvalue weighted by atomic mass is 10.0. The molecule has 1 aromatic heterocycles. The van der Waals surface area contributed by atoms with E-state index in [1.165, 1.54) is 0 Å². The van der Waals surface area contributed by atoms with E-state index < -0.39 is 11.8 Å². The van der Waals surface area contributed by atoms with Gasteiger partial charge in [0.25, 0.3) is 0 Å². The Morgan fingerprint density at radius 1 is 0.900 bits per heavy atom. The molecule has 0 saturated heterocycles. The van der Waals surface area contributed by atoms with E-state index in [-0.39, 0.29) is 0 Å². The monoisotopic (exact) mass is 542 g/mol. The summed E-state index contributed by atoms with van der Waals surface area (Å²) in [6, 6.07) is 20.1. The lowest BCUT2D eigenvalue weighted by Gasteiger charge is -2.19. The summed E-state index contributed by atoms with van der Waals surface area (Å²) in [6.07, 6.45) is 4.52. The highest BCUT2D eigenvalue weighted by Gasteiger charge is 2.20. The summed E-state index contributed by atoms with van der Waals surface area (Å²) in [5, 5.41) is 0. The Morgan fingerprint density at radius 3 is 2.33 bits per heavy atom. The Morgan fingerprint density at radius 2 is 1.62 bits per heavy atom. The van der Waals surface area contributed by atoms with Gasteiger partial charge in [0.1, 0.15) is 28.4 Å². The molecule has 0 N–H and O–H groups in total. The maximum absolute atomic E-state index is 12.3. The molecule has 1 heterocycles. The van der Waals surface area contributed by atoms with Crippen molar-refractivity contribution in [3.63, 3.8) is 0 Å². The first kappa shape index (κ1) is 29.2. The summed E-state index contributed by atoms with van der Waals surface area (Å²) in [5.74, 6) is 2.46. The average molecular weight is 543 g/mol. The first-order valence-corrected chi connectivity index (χ1v) is 14.4. The zero-order valence-corrected chi connectivity index (χ0v) is 24.8. The highest BCUT2D eigenvalue weighted by atomic mass is 16.7. The number of para-hydroxylation sites is 1. The summed E-state index contributed by atoms with van der Waals surface area (Å²) >= 11 is 0. The maximum Gasteiger partial charge on any atom is 0.514 e. The van der Waals surface area contributed by atoms with Crippen molar-refractivity contribution in [1.29, 1.82) is 0 Å². The van der Waals surface area contributed by atoms with Crippen LogP contribution in [-0.4, -0.2) is 27.9 Å². The Balaban J connectivity index is 1.64. The van der Waals surface area contributed by atoms with Crippen LogP contribution >= 0.6 is 0 Å². The fourth-order valence-electron chi connectivity index (χ4n) is 4.65. The van der Waals surface area contributed by atoms with Gasteiger partial charge in [0.15, 0.2) is 0 Å². The topological polar surface area (TPSA) is 62.6 Å². The van der Waals surface area contributed by atoms with E-state index in [2.05, 4.69) is 61.7 Å². The minimum atomic E-state index is -0.713. The second kappa shape index (κ2) is 13.0. The number of aryl methyl sites for hydroxylation is 2. The molecule has 6 nitrogen and oxygen atoms in total. The number of nitrogens with zero attached hydrogens (tertiary/aromatic N) is 2. The molecule has 0 spiro atoms. The zero-order valence-electron chi connectivity index (χ0n) is 24.8. The number of aromatic nitrogens is 2. The Hall–Kier alpha value is -3.80. The molecule has 0 unspecified atom stereocenters. The van der Waals surface area contributed by atoms with Gasteiger partial charge in [0, 0.05) is 18.5 Å². The molecule has 212 valence electrons. The molecule has 0 aliphatic carbocycles. The van der Waals surface area contributed by atoms with Gasteiger partial charge >= 0.3 is 6.16 Å². The summed E-state index contributed by atoms with van der Waals surface area (Å²) in [7, 11) is 0. The highest BCUT2D eigenvalue weighted by Crippen LogP contribution is 2.33. The van der Waals surface area contributed by atoms with Crippen molar-refractivity contribution in [1.82, 2.24) is 9.55 Å². The Kier molecular flexibility index (Phi) is 9.51. The van der Waals surface area contributed by atoms with Gasteiger partial charge in [-0.1, -0.05) is 75.2 Å². The first-order chi connectivity index (χ1) is 19.2. The largest absolute Gasteiger partial charge is 0.514 e. The molecule has 4 aromatic rings. The molecule has 0 aliphatic heterocycles. The van der Waals surface area contributed by atoms with Gasteiger partial charge in [-0.15, -0.1) is 0 Å². The average Bonchev–Trinajstić information content (AvgIpc) is 3.27. The van der Waals surface area contributed by atoms with E-state index in [1.54, 1.807) is 6.07 Å². The number of ether oxygens (including phenoxy) is 3. The molecule has 40 heavy (non-hydrogen) atoms. The SMILES string of the molecule is CCCCOc1ccc(C)c2nc(CCCC)n(Cc3ccc(-c4ccccc4OC(=O)OC(C)(C)C)cc3)c12.